The number of aromatic nitrogens is 4. The molecule has 4 aliphatic rings. The monoisotopic (exact) mass is 606 g/mol. The highest BCUT2D eigenvalue weighted by Gasteiger charge is 2.45. The second-order valence-corrected chi connectivity index (χ2v) is 12.1. The van der Waals surface area contributed by atoms with Gasteiger partial charge >= 0.3 is 0 Å². The zero-order valence-corrected chi connectivity index (χ0v) is 24.1. The number of H-pyrrole nitrogens is 1. The van der Waals surface area contributed by atoms with Crippen LogP contribution >= 0.6 is 0 Å². The predicted molar refractivity (Wildman–Crippen MR) is 150 cm³/mol. The molecule has 3 N–H and O–H groups in total. The van der Waals surface area contributed by atoms with Crippen molar-refractivity contribution in [3.8, 4) is 0 Å². The Morgan fingerprint density at radius 2 is 1.60 bits per heavy atom. The van der Waals surface area contributed by atoms with E-state index in [1.54, 1.807) is 0 Å². The molecule has 0 atom stereocenters. The molecule has 4 saturated carbocycles. The summed E-state index contributed by atoms with van der Waals surface area (Å²) in [5.74, 6) is -4.94. The summed E-state index contributed by atoms with van der Waals surface area (Å²) < 4.78 is 54.9. The number of hydrogen-bond acceptors (Lipinski definition) is 6. The summed E-state index contributed by atoms with van der Waals surface area (Å²) in [6, 6.07) is 5.52. The van der Waals surface area contributed by atoms with Crippen LogP contribution in [-0.4, -0.2) is 43.9 Å². The number of benzene rings is 1. The van der Waals surface area contributed by atoms with Crippen molar-refractivity contribution in [2.45, 2.75) is 114 Å². The van der Waals surface area contributed by atoms with E-state index in [0.717, 1.165) is 35.9 Å². The SMILES string of the molecule is C1CC1.FC1(F)CCCCC1.O=C(CC1CC(F)(F)C1)NCc1ccc2nc(CNC(=O)c3nonc3C3CC3)[nH]c2c1. The third kappa shape index (κ3) is 9.49. The Hall–Kier alpha value is -3.51. The number of amides is 2. The maximum absolute atomic E-state index is 12.9. The van der Waals surface area contributed by atoms with Gasteiger partial charge in [-0.1, -0.05) is 36.9 Å². The molecule has 234 valence electrons. The maximum Gasteiger partial charge on any atom is 0.275 e. The van der Waals surface area contributed by atoms with Gasteiger partial charge in [-0.3, -0.25) is 9.59 Å². The number of fused-ring (bicyclic) bond motifs is 1. The number of carbonyl (C=O) groups is 2. The van der Waals surface area contributed by atoms with Gasteiger partial charge in [0.05, 0.1) is 17.6 Å². The van der Waals surface area contributed by atoms with E-state index in [2.05, 4.69) is 30.9 Å². The number of halogens is 4. The highest BCUT2D eigenvalue weighted by Crippen LogP contribution is 2.44. The van der Waals surface area contributed by atoms with Gasteiger partial charge in [-0.15, -0.1) is 0 Å². The number of imidazole rings is 1. The van der Waals surface area contributed by atoms with Crippen LogP contribution < -0.4 is 10.6 Å². The molecule has 0 bridgehead atoms. The molecule has 0 saturated heterocycles. The molecule has 9 nitrogen and oxygen atoms in total. The van der Waals surface area contributed by atoms with E-state index < -0.39 is 11.8 Å². The van der Waals surface area contributed by atoms with Gasteiger partial charge in [-0.05, 0) is 54.5 Å². The van der Waals surface area contributed by atoms with Crippen molar-refractivity contribution in [2.75, 3.05) is 0 Å². The molecule has 0 aliphatic heterocycles. The van der Waals surface area contributed by atoms with E-state index in [9.17, 15) is 27.2 Å². The van der Waals surface area contributed by atoms with E-state index in [-0.39, 0.29) is 68.0 Å². The highest BCUT2D eigenvalue weighted by molar-refractivity contribution is 5.93. The number of rotatable bonds is 8. The molecule has 0 radical (unpaired) electrons. The summed E-state index contributed by atoms with van der Waals surface area (Å²) in [5, 5.41) is 13.1. The average molecular weight is 607 g/mol. The smallest absolute Gasteiger partial charge is 0.275 e. The second-order valence-electron chi connectivity index (χ2n) is 12.1. The highest BCUT2D eigenvalue weighted by atomic mass is 19.3. The standard InChI is InChI=1S/C21H22F2N6O3.C6H10F2.C3H6/c22-21(23)7-12(8-21)6-17(30)24-9-11-1-4-14-15(5-11)27-16(26-14)10-25-20(31)19-18(13-2-3-13)28-32-29-19;7-6(8)4-2-1-3-5-6;1-2-3-1/h1,4-5,12-13H,2-3,6-10H2,(H,24,30)(H,25,31)(H,26,27);1-5H2;1-3H2. The van der Waals surface area contributed by atoms with Crippen LogP contribution in [0.25, 0.3) is 11.0 Å². The first-order valence-electron chi connectivity index (χ1n) is 15.2. The van der Waals surface area contributed by atoms with Crippen molar-refractivity contribution in [3.05, 3.63) is 41.0 Å². The van der Waals surface area contributed by atoms with E-state index >= 15 is 0 Å². The third-order valence-corrected chi connectivity index (χ3v) is 7.78. The number of alkyl halides is 4. The molecule has 4 fully saturated rings. The van der Waals surface area contributed by atoms with E-state index in [1.807, 2.05) is 18.2 Å². The Morgan fingerprint density at radius 3 is 2.21 bits per heavy atom. The van der Waals surface area contributed by atoms with E-state index in [4.69, 9.17) is 4.63 Å². The molecule has 2 amide bonds. The first-order chi connectivity index (χ1) is 20.6. The van der Waals surface area contributed by atoms with Crippen molar-refractivity contribution in [1.29, 1.82) is 0 Å². The molecule has 2 heterocycles. The Kier molecular flexibility index (Phi) is 9.65. The minimum absolute atomic E-state index is 0.118. The van der Waals surface area contributed by atoms with Crippen LogP contribution in [0.2, 0.25) is 0 Å². The van der Waals surface area contributed by atoms with Crippen LogP contribution in [0, 0.1) is 5.92 Å². The van der Waals surface area contributed by atoms with Gasteiger partial charge in [0.2, 0.25) is 17.8 Å². The molecule has 43 heavy (non-hydrogen) atoms. The molecule has 7 rings (SSSR count). The van der Waals surface area contributed by atoms with Gasteiger partial charge in [0.15, 0.2) is 5.69 Å². The molecule has 0 spiro atoms. The lowest BCUT2D eigenvalue weighted by Crippen LogP contribution is -2.38. The van der Waals surface area contributed by atoms with Gasteiger partial charge in [0, 0.05) is 44.6 Å². The van der Waals surface area contributed by atoms with Gasteiger partial charge < -0.3 is 15.6 Å². The lowest BCUT2D eigenvalue weighted by Gasteiger charge is -2.34. The molecule has 2 aromatic heterocycles. The minimum atomic E-state index is -2.61. The second kappa shape index (κ2) is 13.4. The molecule has 1 aromatic carbocycles. The first-order valence-corrected chi connectivity index (χ1v) is 15.2. The first kappa shape index (κ1) is 30.9. The fraction of sp³-hybridized carbons (Fsp3) is 0.633. The van der Waals surface area contributed by atoms with Crippen LogP contribution in [-0.2, 0) is 17.9 Å². The lowest BCUT2D eigenvalue weighted by atomic mass is 9.79. The Labute approximate surface area is 246 Å². The molecular weight excluding hydrogens is 568 g/mol. The fourth-order valence-electron chi connectivity index (χ4n) is 5.06. The molecular formula is C30H38F4N6O3. The quantitative estimate of drug-likeness (QED) is 0.249. The predicted octanol–water partition coefficient (Wildman–Crippen LogP) is 6.56. The maximum atomic E-state index is 12.9. The summed E-state index contributed by atoms with van der Waals surface area (Å²) in [6.45, 7) is 0.481. The normalized spacial score (nSPS) is 20.1. The molecule has 4 aliphatic carbocycles. The number of carbonyl (C=O) groups excluding carboxylic acids is 2. The molecule has 0 unspecified atom stereocenters. The van der Waals surface area contributed by atoms with Crippen LogP contribution in [0.1, 0.15) is 117 Å². The van der Waals surface area contributed by atoms with Gasteiger partial charge in [0.1, 0.15) is 11.5 Å². The number of aromatic amines is 1. The summed E-state index contributed by atoms with van der Waals surface area (Å²) in [4.78, 5) is 32.0. The zero-order valence-electron chi connectivity index (χ0n) is 24.1. The fourth-order valence-corrected chi connectivity index (χ4v) is 5.06. The summed E-state index contributed by atoms with van der Waals surface area (Å²) in [6.07, 6.45) is 8.82. The lowest BCUT2D eigenvalue weighted by molar-refractivity contribution is -0.133. The third-order valence-electron chi connectivity index (χ3n) is 7.78. The van der Waals surface area contributed by atoms with E-state index in [0.29, 0.717) is 30.9 Å². The largest absolute Gasteiger partial charge is 0.352 e. The van der Waals surface area contributed by atoms with Gasteiger partial charge in [-0.25, -0.2) is 27.2 Å². The van der Waals surface area contributed by atoms with Crippen molar-refractivity contribution in [3.63, 3.8) is 0 Å². The van der Waals surface area contributed by atoms with Crippen molar-refractivity contribution >= 4 is 22.8 Å². The van der Waals surface area contributed by atoms with Crippen LogP contribution in [0.3, 0.4) is 0 Å². The summed E-state index contributed by atoms with van der Waals surface area (Å²) in [7, 11) is 0. The van der Waals surface area contributed by atoms with E-state index in [1.165, 1.54) is 19.3 Å². The summed E-state index contributed by atoms with van der Waals surface area (Å²) in [5.41, 5.74) is 3.16. The number of nitrogens with zero attached hydrogens (tertiary/aromatic N) is 3. The molecule has 3 aromatic rings. The summed E-state index contributed by atoms with van der Waals surface area (Å²) >= 11 is 0. The topological polar surface area (TPSA) is 126 Å². The number of hydrogen-bond donors (Lipinski definition) is 3. The van der Waals surface area contributed by atoms with Crippen molar-refractivity contribution in [2.24, 2.45) is 5.92 Å². The minimum Gasteiger partial charge on any atom is -0.352 e. The van der Waals surface area contributed by atoms with Gasteiger partial charge in [0.25, 0.3) is 5.91 Å². The number of nitrogens with one attached hydrogen (secondary N) is 3. The molecule has 13 heteroatoms. The van der Waals surface area contributed by atoms with Crippen LogP contribution in [0.4, 0.5) is 17.6 Å². The van der Waals surface area contributed by atoms with Crippen molar-refractivity contribution < 1.29 is 31.8 Å². The van der Waals surface area contributed by atoms with Crippen LogP contribution in [0.5, 0.6) is 0 Å². The van der Waals surface area contributed by atoms with Gasteiger partial charge in [-0.2, -0.15) is 0 Å². The van der Waals surface area contributed by atoms with Crippen LogP contribution in [0.15, 0.2) is 22.8 Å². The van der Waals surface area contributed by atoms with Crippen molar-refractivity contribution in [1.82, 2.24) is 30.9 Å². The Morgan fingerprint density at radius 1 is 0.907 bits per heavy atom. The average Bonchev–Trinajstić information content (AvgIpc) is 3.90. The zero-order chi connectivity index (χ0) is 30.5. The Balaban J connectivity index is 0.000000280. The Bertz CT molecular complexity index is 1380.